The summed E-state index contributed by atoms with van der Waals surface area (Å²) in [6.45, 7) is 6.45. The van der Waals surface area contributed by atoms with Gasteiger partial charge in [-0.15, -0.1) is 0 Å². The van der Waals surface area contributed by atoms with Gasteiger partial charge in [-0.25, -0.2) is 0 Å². The van der Waals surface area contributed by atoms with E-state index >= 15 is 0 Å². The fourth-order valence-electron chi connectivity index (χ4n) is 9.54. The Morgan fingerprint density at radius 1 is 0.278 bits per heavy atom. The van der Waals surface area contributed by atoms with E-state index in [1.807, 2.05) is 6.08 Å². The van der Waals surface area contributed by atoms with E-state index in [1.54, 1.807) is 6.08 Å². The van der Waals surface area contributed by atoms with Gasteiger partial charge in [-0.3, -0.25) is 14.4 Å². The minimum atomic E-state index is -0.821. The molecule has 1 atom stereocenters. The van der Waals surface area contributed by atoms with Crippen LogP contribution in [0.25, 0.3) is 0 Å². The molecule has 1 unspecified atom stereocenters. The number of carbonyl (C=O) groups is 3. The topological polar surface area (TPSA) is 78.9 Å². The summed E-state index contributed by atoms with van der Waals surface area (Å²) in [5, 5.41) is 0. The van der Waals surface area contributed by atoms with Crippen molar-refractivity contribution in [1.82, 2.24) is 0 Å². The number of allylic oxidation sites excluding steroid dienone is 15. The molecule has 6 heteroatoms. The maximum atomic E-state index is 12.9. The Kier molecular flexibility index (Phi) is 63.7. The second-order valence-corrected chi connectivity index (χ2v) is 22.4. The molecule has 0 saturated carbocycles. The molecule has 0 heterocycles. The molecule has 0 aliphatic heterocycles. The fraction of sp³-hybridized carbons (Fsp3) is 0.740. The second-order valence-electron chi connectivity index (χ2n) is 22.4. The maximum Gasteiger partial charge on any atom is 0.309 e. The lowest BCUT2D eigenvalue weighted by atomic mass is 10.0. The molecule has 0 aromatic rings. The molecule has 0 rings (SSSR count). The van der Waals surface area contributed by atoms with Crippen LogP contribution in [0, 0.1) is 0 Å². The molecule has 0 N–H and O–H groups in total. The van der Waals surface area contributed by atoms with Crippen LogP contribution in [0.4, 0.5) is 0 Å². The molecule has 79 heavy (non-hydrogen) atoms. The van der Waals surface area contributed by atoms with Gasteiger partial charge in [0, 0.05) is 12.8 Å². The van der Waals surface area contributed by atoms with Crippen molar-refractivity contribution in [3.63, 3.8) is 0 Å². The predicted molar refractivity (Wildman–Crippen MR) is 344 cm³/mol. The van der Waals surface area contributed by atoms with Gasteiger partial charge in [0.05, 0.1) is 6.42 Å². The zero-order valence-electron chi connectivity index (χ0n) is 52.1. The first-order chi connectivity index (χ1) is 39.0. The molecule has 454 valence electrons. The highest BCUT2D eigenvalue weighted by Crippen LogP contribution is 2.17. The van der Waals surface area contributed by atoms with Crippen molar-refractivity contribution in [3.8, 4) is 0 Å². The molecule has 0 saturated heterocycles. The van der Waals surface area contributed by atoms with Crippen LogP contribution in [-0.2, 0) is 28.6 Å². The van der Waals surface area contributed by atoms with E-state index in [2.05, 4.69) is 106 Å². The summed E-state index contributed by atoms with van der Waals surface area (Å²) in [5.74, 6) is -1.03. The third-order valence-corrected chi connectivity index (χ3v) is 14.6. The molecule has 0 aliphatic rings. The van der Waals surface area contributed by atoms with Gasteiger partial charge in [0.15, 0.2) is 6.10 Å². The molecule has 6 nitrogen and oxygen atoms in total. The minimum Gasteiger partial charge on any atom is -0.462 e. The molecule has 0 aliphatic carbocycles. The Labute approximate surface area is 489 Å². The third kappa shape index (κ3) is 65.0. The molecule has 0 aromatic heterocycles. The number of hydrogen-bond acceptors (Lipinski definition) is 6. The second kappa shape index (κ2) is 66.8. The molecule has 0 aromatic carbocycles. The largest absolute Gasteiger partial charge is 0.462 e. The molecule has 0 spiro atoms. The van der Waals surface area contributed by atoms with Gasteiger partial charge in [-0.05, 0) is 103 Å². The number of hydrogen-bond donors (Lipinski definition) is 0. The summed E-state index contributed by atoms with van der Waals surface area (Å²) < 4.78 is 16.8. The van der Waals surface area contributed by atoms with Gasteiger partial charge >= 0.3 is 17.9 Å². The van der Waals surface area contributed by atoms with E-state index in [9.17, 15) is 14.4 Å². The van der Waals surface area contributed by atoms with Crippen LogP contribution in [0.15, 0.2) is 97.2 Å². The normalized spacial score (nSPS) is 12.7. The van der Waals surface area contributed by atoms with Gasteiger partial charge in [0.1, 0.15) is 13.2 Å². The van der Waals surface area contributed by atoms with Crippen molar-refractivity contribution in [3.05, 3.63) is 97.2 Å². The van der Waals surface area contributed by atoms with E-state index in [-0.39, 0.29) is 31.6 Å². The monoisotopic (exact) mass is 1100 g/mol. The average molecular weight is 1100 g/mol. The highest BCUT2D eigenvalue weighted by atomic mass is 16.6. The smallest absolute Gasteiger partial charge is 0.309 e. The van der Waals surface area contributed by atoms with Gasteiger partial charge in [0.25, 0.3) is 0 Å². The lowest BCUT2D eigenvalue weighted by Crippen LogP contribution is -2.30. The summed E-state index contributed by atoms with van der Waals surface area (Å²) in [6, 6.07) is 0. The van der Waals surface area contributed by atoms with E-state index in [0.717, 1.165) is 77.0 Å². The molecule has 0 fully saturated rings. The highest BCUT2D eigenvalue weighted by molar-refractivity contribution is 5.72. The molecule has 0 radical (unpaired) electrons. The Morgan fingerprint density at radius 3 is 0.924 bits per heavy atom. The van der Waals surface area contributed by atoms with Crippen molar-refractivity contribution < 1.29 is 28.6 Å². The van der Waals surface area contributed by atoms with Crippen LogP contribution >= 0.6 is 0 Å². The minimum absolute atomic E-state index is 0.107. The Hall–Kier alpha value is -3.67. The maximum absolute atomic E-state index is 12.9. The van der Waals surface area contributed by atoms with Crippen molar-refractivity contribution in [2.45, 2.75) is 335 Å². The summed E-state index contributed by atoms with van der Waals surface area (Å²) >= 11 is 0. The Bertz CT molecular complexity index is 1540. The standard InChI is InChI=1S/C73H126O6/c1-4-7-10-13-16-19-22-25-28-30-32-33-34-35-36-37-38-39-41-42-45-48-51-54-57-60-63-66-72(75)78-69-70(68-77-71(74)65-62-59-56-53-50-47-44-27-24-21-18-15-12-9-6-3)79-73(76)67-64-61-58-55-52-49-46-43-40-31-29-26-23-20-17-14-11-8-5-2/h9,12,17-18,20-21,26-27,29-30,32,44,50,53,59,62,70H,4-8,10-11,13-16,19,22-25,28,31,33-43,45-49,51-52,54-58,60-61,63-69H2,1-3H3/b12-9-,20-17-,21-18-,29-26-,32-30-,44-27-,53-50-,62-59-. The summed E-state index contributed by atoms with van der Waals surface area (Å²) in [7, 11) is 0. The first-order valence-electron chi connectivity index (χ1n) is 33.7. The van der Waals surface area contributed by atoms with Crippen molar-refractivity contribution in [2.24, 2.45) is 0 Å². The molecular weight excluding hydrogens is 973 g/mol. The summed E-state index contributed by atoms with van der Waals surface area (Å²) in [4.78, 5) is 38.3. The van der Waals surface area contributed by atoms with Crippen molar-refractivity contribution in [2.75, 3.05) is 13.2 Å². The Morgan fingerprint density at radius 2 is 0.544 bits per heavy atom. The molecule has 0 amide bonds. The van der Waals surface area contributed by atoms with Gasteiger partial charge in [0.2, 0.25) is 0 Å². The first kappa shape index (κ1) is 75.3. The first-order valence-corrected chi connectivity index (χ1v) is 33.7. The van der Waals surface area contributed by atoms with E-state index < -0.39 is 12.1 Å². The number of rotatable bonds is 61. The number of carbonyl (C=O) groups excluding carboxylic acids is 3. The SMILES string of the molecule is CC/C=C\C/C=C\C/C=C\C/C=C\C/C=C\CC(=O)OCC(COC(=O)CCCCCCCCCCCCCCCCC/C=C\CCCCCCCCCC)OC(=O)CCCCCCCCCCC/C=C\C/C=C\CCCCC. The number of esters is 3. The van der Waals surface area contributed by atoms with Crippen molar-refractivity contribution >= 4 is 17.9 Å². The predicted octanol–water partition coefficient (Wildman–Crippen LogP) is 23.2. The Balaban J connectivity index is 4.34. The number of unbranched alkanes of at least 4 members (excludes halogenated alkanes) is 35. The van der Waals surface area contributed by atoms with Crippen LogP contribution in [0.1, 0.15) is 329 Å². The average Bonchev–Trinajstić information content (AvgIpc) is 3.45. The lowest BCUT2D eigenvalue weighted by molar-refractivity contribution is -0.166. The molecular formula is C73H126O6. The highest BCUT2D eigenvalue weighted by Gasteiger charge is 2.19. The molecule has 0 bridgehead atoms. The summed E-state index contributed by atoms with van der Waals surface area (Å²) in [6.07, 6.45) is 90.3. The van der Waals surface area contributed by atoms with Crippen LogP contribution < -0.4 is 0 Å². The fourth-order valence-corrected chi connectivity index (χ4v) is 9.54. The quantitative estimate of drug-likeness (QED) is 0.0261. The lowest BCUT2D eigenvalue weighted by Gasteiger charge is -2.18. The third-order valence-electron chi connectivity index (χ3n) is 14.6. The van der Waals surface area contributed by atoms with Gasteiger partial charge in [-0.1, -0.05) is 304 Å². The summed E-state index contributed by atoms with van der Waals surface area (Å²) in [5.41, 5.74) is 0. The zero-order valence-corrected chi connectivity index (χ0v) is 52.1. The van der Waals surface area contributed by atoms with E-state index in [4.69, 9.17) is 14.2 Å². The van der Waals surface area contributed by atoms with E-state index in [0.29, 0.717) is 12.8 Å². The van der Waals surface area contributed by atoms with Gasteiger partial charge < -0.3 is 14.2 Å². The van der Waals surface area contributed by atoms with Crippen LogP contribution in [-0.4, -0.2) is 37.2 Å². The van der Waals surface area contributed by atoms with Crippen LogP contribution in [0.2, 0.25) is 0 Å². The number of ether oxygens (including phenoxy) is 3. The van der Waals surface area contributed by atoms with Gasteiger partial charge in [-0.2, -0.15) is 0 Å². The van der Waals surface area contributed by atoms with E-state index in [1.165, 1.54) is 212 Å². The van der Waals surface area contributed by atoms with Crippen molar-refractivity contribution in [1.29, 1.82) is 0 Å². The van der Waals surface area contributed by atoms with Crippen LogP contribution in [0.3, 0.4) is 0 Å². The zero-order chi connectivity index (χ0) is 57.1. The van der Waals surface area contributed by atoms with Crippen LogP contribution in [0.5, 0.6) is 0 Å².